The largest absolute Gasteiger partial charge is 0.444 e. The van der Waals surface area contributed by atoms with Gasteiger partial charge in [0.2, 0.25) is 0 Å². The molecule has 1 N–H and O–H groups in total. The normalized spacial score (nSPS) is 11.8. The number of hydrogen-bond donors (Lipinski definition) is 1. The number of allylic oxidation sites excluding steroid dienone is 1. The van der Waals surface area contributed by atoms with E-state index in [4.69, 9.17) is 4.74 Å². The van der Waals surface area contributed by atoms with Crippen molar-refractivity contribution >= 4 is 17.5 Å². The molecule has 1 aromatic rings. The van der Waals surface area contributed by atoms with E-state index in [0.717, 1.165) is 12.1 Å². The lowest BCUT2D eigenvalue weighted by Crippen LogP contribution is -2.32. The van der Waals surface area contributed by atoms with Crippen LogP contribution in [0.15, 0.2) is 30.1 Å². The maximum atomic E-state index is 13.8. The summed E-state index contributed by atoms with van der Waals surface area (Å²) >= 11 is 0. The van der Waals surface area contributed by atoms with Gasteiger partial charge in [-0.3, -0.25) is 20.2 Å². The second-order valence-corrected chi connectivity index (χ2v) is 6.41. The van der Waals surface area contributed by atoms with E-state index in [0.29, 0.717) is 0 Å². The fourth-order valence-corrected chi connectivity index (χ4v) is 1.94. The number of benzene rings is 1. The van der Waals surface area contributed by atoms with E-state index in [1.54, 1.807) is 20.8 Å². The van der Waals surface area contributed by atoms with Crippen molar-refractivity contribution in [2.24, 2.45) is 0 Å². The highest BCUT2D eigenvalue weighted by molar-refractivity contribution is 5.67. The number of aryl methyl sites for hydroxylation is 1. The Morgan fingerprint density at radius 1 is 1.19 bits per heavy atom. The van der Waals surface area contributed by atoms with Gasteiger partial charge in [0.15, 0.2) is 0 Å². The number of nitro benzene ring substituents is 2. The van der Waals surface area contributed by atoms with Crippen LogP contribution in [0, 0.1) is 20.2 Å². The van der Waals surface area contributed by atoms with Gasteiger partial charge >= 0.3 is 6.09 Å². The van der Waals surface area contributed by atoms with Gasteiger partial charge in [-0.2, -0.15) is 0 Å². The second kappa shape index (κ2) is 8.88. The van der Waals surface area contributed by atoms with Crippen LogP contribution in [0.2, 0.25) is 0 Å². The molecule has 10 heteroatoms. The molecule has 9 nitrogen and oxygen atoms in total. The fourth-order valence-electron chi connectivity index (χ4n) is 1.94. The van der Waals surface area contributed by atoms with Crippen LogP contribution in [-0.4, -0.2) is 28.1 Å². The maximum absolute atomic E-state index is 13.8. The highest BCUT2D eigenvalue weighted by atomic mass is 19.1. The van der Waals surface area contributed by atoms with Crippen molar-refractivity contribution in [3.05, 3.63) is 55.9 Å². The van der Waals surface area contributed by atoms with Gasteiger partial charge in [0.1, 0.15) is 5.60 Å². The molecule has 0 atom stereocenters. The van der Waals surface area contributed by atoms with Gasteiger partial charge < -0.3 is 10.1 Å². The molecule has 0 aliphatic rings. The molecule has 142 valence electrons. The summed E-state index contributed by atoms with van der Waals surface area (Å²) < 4.78 is 18.8. The lowest BCUT2D eigenvalue weighted by Gasteiger charge is -2.19. The zero-order valence-corrected chi connectivity index (χ0v) is 14.7. The van der Waals surface area contributed by atoms with Crippen LogP contribution in [0.5, 0.6) is 0 Å². The number of nitrogens with zero attached hydrogens (tertiary/aromatic N) is 2. The number of halogens is 1. The minimum Gasteiger partial charge on any atom is -0.444 e. The Bertz CT molecular complexity index is 695. The average molecular weight is 369 g/mol. The van der Waals surface area contributed by atoms with Crippen LogP contribution in [0.25, 0.3) is 0 Å². The van der Waals surface area contributed by atoms with Crippen molar-refractivity contribution in [3.8, 4) is 0 Å². The van der Waals surface area contributed by atoms with Crippen LogP contribution in [0.4, 0.5) is 20.6 Å². The number of nitrogens with one attached hydrogen (secondary N) is 1. The van der Waals surface area contributed by atoms with E-state index in [1.807, 2.05) is 0 Å². The van der Waals surface area contributed by atoms with E-state index in [-0.39, 0.29) is 24.9 Å². The molecule has 0 saturated carbocycles. The number of carbonyl (C=O) groups excluding carboxylic acids is 1. The zero-order chi connectivity index (χ0) is 19.9. The molecule has 0 bridgehead atoms. The van der Waals surface area contributed by atoms with Gasteiger partial charge in [0.05, 0.1) is 21.7 Å². The van der Waals surface area contributed by atoms with Crippen LogP contribution in [-0.2, 0) is 11.2 Å². The predicted octanol–water partition coefficient (Wildman–Crippen LogP) is 3.81. The Kier molecular flexibility index (Phi) is 7.17. The molecule has 0 saturated heterocycles. The summed E-state index contributed by atoms with van der Waals surface area (Å²) in [5.74, 6) is -0.560. The third-order valence-corrected chi connectivity index (χ3v) is 3.01. The van der Waals surface area contributed by atoms with Gasteiger partial charge in [-0.25, -0.2) is 9.18 Å². The van der Waals surface area contributed by atoms with Gasteiger partial charge in [-0.05, 0) is 38.8 Å². The molecule has 0 spiro atoms. The summed E-state index contributed by atoms with van der Waals surface area (Å²) in [6.07, 6.45) is 0.372. The average Bonchev–Trinajstić information content (AvgIpc) is 2.50. The summed E-state index contributed by atoms with van der Waals surface area (Å²) in [4.78, 5) is 31.6. The number of nitro groups is 2. The van der Waals surface area contributed by atoms with Crippen molar-refractivity contribution in [3.63, 3.8) is 0 Å². The Balaban J connectivity index is 2.64. The molecule has 0 radical (unpaired) electrons. The topological polar surface area (TPSA) is 125 Å². The third-order valence-electron chi connectivity index (χ3n) is 3.01. The number of alkyl carbamates (subject to hydrolysis) is 1. The molecular weight excluding hydrogens is 349 g/mol. The number of non-ortho nitro benzene ring substituents is 2. The number of carbonyl (C=O) groups is 1. The lowest BCUT2D eigenvalue weighted by molar-refractivity contribution is -0.394. The van der Waals surface area contributed by atoms with Crippen LogP contribution in [0.1, 0.15) is 32.8 Å². The fraction of sp³-hybridized carbons (Fsp3) is 0.438. The summed E-state index contributed by atoms with van der Waals surface area (Å²) in [7, 11) is 0. The van der Waals surface area contributed by atoms with Gasteiger partial charge in [0.25, 0.3) is 11.4 Å². The van der Waals surface area contributed by atoms with E-state index < -0.39 is 38.7 Å². The van der Waals surface area contributed by atoms with Crippen molar-refractivity contribution in [1.82, 2.24) is 5.32 Å². The van der Waals surface area contributed by atoms with E-state index in [1.165, 1.54) is 12.1 Å². The van der Waals surface area contributed by atoms with Crippen LogP contribution >= 0.6 is 0 Å². The molecular formula is C16H20FN3O6. The maximum Gasteiger partial charge on any atom is 0.407 e. The lowest BCUT2D eigenvalue weighted by atomic mass is 10.1. The SMILES string of the molecule is CC(C)(C)OC(=O)NC/C=C(\F)CCc1cc([N+](=O)[O-])cc([N+](=O)[O-])c1. The molecule has 0 fully saturated rings. The van der Waals surface area contributed by atoms with Gasteiger partial charge in [-0.15, -0.1) is 0 Å². The monoisotopic (exact) mass is 369 g/mol. The molecule has 1 rings (SSSR count). The summed E-state index contributed by atoms with van der Waals surface area (Å²) in [5, 5.41) is 24.0. The molecule has 26 heavy (non-hydrogen) atoms. The second-order valence-electron chi connectivity index (χ2n) is 6.41. The number of amides is 1. The number of rotatable bonds is 7. The highest BCUT2D eigenvalue weighted by Crippen LogP contribution is 2.24. The van der Waals surface area contributed by atoms with E-state index in [9.17, 15) is 29.4 Å². The first kappa shape index (κ1) is 21.0. The van der Waals surface area contributed by atoms with Crippen molar-refractivity contribution in [1.29, 1.82) is 0 Å². The molecule has 1 amide bonds. The molecule has 0 aliphatic heterocycles. The zero-order valence-electron chi connectivity index (χ0n) is 14.7. The van der Waals surface area contributed by atoms with Gasteiger partial charge in [0, 0.05) is 25.1 Å². The van der Waals surface area contributed by atoms with Crippen molar-refractivity contribution < 1.29 is 23.8 Å². The first-order valence-corrected chi connectivity index (χ1v) is 7.72. The third kappa shape index (κ3) is 7.69. The molecule has 1 aromatic carbocycles. The first-order valence-electron chi connectivity index (χ1n) is 7.72. The minimum atomic E-state index is -0.743. The van der Waals surface area contributed by atoms with Crippen molar-refractivity contribution in [2.45, 2.75) is 39.2 Å². The summed E-state index contributed by atoms with van der Waals surface area (Å²) in [6.45, 7) is 5.00. The Labute approximate surface area is 149 Å². The Morgan fingerprint density at radius 2 is 1.73 bits per heavy atom. The summed E-state index contributed by atoms with van der Waals surface area (Å²) in [6, 6.07) is 3.18. The van der Waals surface area contributed by atoms with E-state index >= 15 is 0 Å². The molecule has 0 aromatic heterocycles. The minimum absolute atomic E-state index is 0.0390. The van der Waals surface area contributed by atoms with Crippen molar-refractivity contribution in [2.75, 3.05) is 6.54 Å². The smallest absolute Gasteiger partial charge is 0.407 e. The Morgan fingerprint density at radius 3 is 2.19 bits per heavy atom. The van der Waals surface area contributed by atoms with E-state index in [2.05, 4.69) is 5.32 Å². The predicted molar refractivity (Wildman–Crippen MR) is 91.5 cm³/mol. The summed E-state index contributed by atoms with van der Waals surface area (Å²) in [5.41, 5.74) is -1.24. The number of hydrogen-bond acceptors (Lipinski definition) is 6. The molecule has 0 aliphatic carbocycles. The Hall–Kier alpha value is -3.04. The quantitative estimate of drug-likeness (QED) is 0.575. The first-order chi connectivity index (χ1) is 12.0. The van der Waals surface area contributed by atoms with Crippen LogP contribution < -0.4 is 5.32 Å². The van der Waals surface area contributed by atoms with Gasteiger partial charge in [-0.1, -0.05) is 0 Å². The number of ether oxygens (including phenoxy) is 1. The molecule has 0 unspecified atom stereocenters. The molecule has 0 heterocycles. The highest BCUT2D eigenvalue weighted by Gasteiger charge is 2.17. The standard InChI is InChI=1S/C16H20FN3O6/c1-16(2,3)26-15(21)18-7-6-12(17)5-4-11-8-13(19(22)23)10-14(9-11)20(24)25/h6,8-10H,4-5,7H2,1-3H3,(H,18,21)/b12-6-. The van der Waals surface area contributed by atoms with Crippen LogP contribution in [0.3, 0.4) is 0 Å².